The zero-order chi connectivity index (χ0) is 18.0. The number of methoxy groups -OCH3 is 1. The molecule has 25 heavy (non-hydrogen) atoms. The number of fused-ring (bicyclic) bond motifs is 1. The summed E-state index contributed by atoms with van der Waals surface area (Å²) >= 11 is 0. The molecule has 0 unspecified atom stereocenters. The lowest BCUT2D eigenvalue weighted by atomic mass is 9.86. The summed E-state index contributed by atoms with van der Waals surface area (Å²) in [7, 11) is 1.29. The van der Waals surface area contributed by atoms with E-state index >= 15 is 0 Å². The van der Waals surface area contributed by atoms with Gasteiger partial charge in [0.25, 0.3) is 5.56 Å². The Balaban J connectivity index is 2.10. The molecule has 0 saturated carbocycles. The molecule has 1 atom stereocenters. The van der Waals surface area contributed by atoms with E-state index in [0.29, 0.717) is 5.69 Å². The predicted octanol–water partition coefficient (Wildman–Crippen LogP) is 2.51. The summed E-state index contributed by atoms with van der Waals surface area (Å²) in [4.78, 5) is 27.0. The quantitative estimate of drug-likeness (QED) is 0.834. The smallest absolute Gasteiger partial charge is 0.306 e. The Hall–Kier alpha value is -3.02. The van der Waals surface area contributed by atoms with Gasteiger partial charge in [0.2, 0.25) is 0 Å². The molecule has 1 aliphatic rings. The van der Waals surface area contributed by atoms with Crippen LogP contribution in [-0.4, -0.2) is 29.8 Å². The van der Waals surface area contributed by atoms with Gasteiger partial charge in [-0.3, -0.25) is 9.59 Å². The molecule has 6 nitrogen and oxygen atoms in total. The Morgan fingerprint density at radius 3 is 2.88 bits per heavy atom. The summed E-state index contributed by atoms with van der Waals surface area (Å²) in [5, 5.41) is 10.3. The number of carbonyl (C=O) groups excluding carboxylic acids is 1. The van der Waals surface area contributed by atoms with Crippen LogP contribution in [0.1, 0.15) is 29.2 Å². The third-order valence-electron chi connectivity index (χ3n) is 4.23. The average Bonchev–Trinajstić information content (AvgIpc) is 2.59. The zero-order valence-electron chi connectivity index (χ0n) is 14.0. The van der Waals surface area contributed by atoms with Crippen LogP contribution >= 0.6 is 0 Å². The average molecular weight is 341 g/mol. The molecule has 0 saturated heterocycles. The molecule has 2 aromatic rings. The summed E-state index contributed by atoms with van der Waals surface area (Å²) in [5.74, 6) is -0.505. The highest BCUT2D eigenvalue weighted by Crippen LogP contribution is 2.37. The first kappa shape index (κ1) is 16.8. The standard InChI is InChI=1S/C19H19NO5/c1-11-7-15(21)18(19(23)20-11)14(9-17(22)24-2)13-8-12-5-3-4-6-16(12)25-10-13/h3-8,14H,9-10H2,1-2H3,(H2,20,21,23)/t14-/m1/s1. The second-order valence-electron chi connectivity index (χ2n) is 5.96. The molecular formula is C19H19NO5. The lowest BCUT2D eigenvalue weighted by Crippen LogP contribution is -2.24. The van der Waals surface area contributed by atoms with Crippen LogP contribution < -0.4 is 10.3 Å². The molecule has 2 heterocycles. The maximum absolute atomic E-state index is 12.4. The summed E-state index contributed by atoms with van der Waals surface area (Å²) in [5.41, 5.74) is 1.86. The number of esters is 1. The Kier molecular flexibility index (Phi) is 4.61. The van der Waals surface area contributed by atoms with Crippen LogP contribution in [0.25, 0.3) is 6.08 Å². The van der Waals surface area contributed by atoms with Gasteiger partial charge >= 0.3 is 5.97 Å². The van der Waals surface area contributed by atoms with Gasteiger partial charge in [-0.05, 0) is 30.7 Å². The number of benzene rings is 1. The van der Waals surface area contributed by atoms with E-state index in [9.17, 15) is 14.7 Å². The van der Waals surface area contributed by atoms with Crippen LogP contribution in [0.4, 0.5) is 0 Å². The van der Waals surface area contributed by atoms with Crippen molar-refractivity contribution in [1.82, 2.24) is 4.98 Å². The number of carbonyl (C=O) groups is 1. The van der Waals surface area contributed by atoms with Gasteiger partial charge in [0.05, 0.1) is 19.1 Å². The van der Waals surface area contributed by atoms with Gasteiger partial charge in [-0.15, -0.1) is 0 Å². The Morgan fingerprint density at radius 2 is 2.16 bits per heavy atom. The maximum Gasteiger partial charge on any atom is 0.306 e. The lowest BCUT2D eigenvalue weighted by molar-refractivity contribution is -0.140. The molecule has 3 rings (SSSR count). The van der Waals surface area contributed by atoms with Crippen LogP contribution in [0, 0.1) is 6.92 Å². The van der Waals surface area contributed by atoms with E-state index in [-0.39, 0.29) is 24.3 Å². The Labute approximate surface area is 144 Å². The van der Waals surface area contributed by atoms with E-state index in [4.69, 9.17) is 9.47 Å². The van der Waals surface area contributed by atoms with E-state index in [1.807, 2.05) is 30.3 Å². The van der Waals surface area contributed by atoms with Gasteiger partial charge in [0, 0.05) is 17.2 Å². The molecule has 130 valence electrons. The first-order chi connectivity index (χ1) is 12.0. The number of H-pyrrole nitrogens is 1. The number of para-hydroxylation sites is 1. The molecule has 1 aromatic heterocycles. The summed E-state index contributed by atoms with van der Waals surface area (Å²) in [6.07, 6.45) is 1.83. The topological polar surface area (TPSA) is 88.6 Å². The third kappa shape index (κ3) is 3.42. The van der Waals surface area contributed by atoms with Crippen molar-refractivity contribution in [1.29, 1.82) is 0 Å². The number of aryl methyl sites for hydroxylation is 1. The van der Waals surface area contributed by atoms with Crippen LogP contribution in [0.3, 0.4) is 0 Å². The molecule has 0 fully saturated rings. The number of aromatic amines is 1. The van der Waals surface area contributed by atoms with E-state index in [1.54, 1.807) is 6.92 Å². The highest BCUT2D eigenvalue weighted by atomic mass is 16.5. The number of ether oxygens (including phenoxy) is 2. The third-order valence-corrected chi connectivity index (χ3v) is 4.23. The van der Waals surface area contributed by atoms with Gasteiger partial charge in [-0.1, -0.05) is 18.2 Å². The highest BCUT2D eigenvalue weighted by Gasteiger charge is 2.28. The van der Waals surface area contributed by atoms with E-state index < -0.39 is 17.4 Å². The lowest BCUT2D eigenvalue weighted by Gasteiger charge is -2.24. The zero-order valence-corrected chi connectivity index (χ0v) is 14.0. The van der Waals surface area contributed by atoms with Crippen molar-refractivity contribution in [3.8, 4) is 11.5 Å². The molecule has 0 spiro atoms. The van der Waals surface area contributed by atoms with Gasteiger partial charge in [0.1, 0.15) is 18.1 Å². The first-order valence-corrected chi connectivity index (χ1v) is 7.91. The van der Waals surface area contributed by atoms with E-state index in [1.165, 1.54) is 13.2 Å². The van der Waals surface area contributed by atoms with Crippen molar-refractivity contribution in [3.63, 3.8) is 0 Å². The Morgan fingerprint density at radius 1 is 1.40 bits per heavy atom. The highest BCUT2D eigenvalue weighted by molar-refractivity contribution is 5.73. The fourth-order valence-electron chi connectivity index (χ4n) is 3.02. The Bertz CT molecular complexity index is 897. The number of hydrogen-bond acceptors (Lipinski definition) is 5. The minimum absolute atomic E-state index is 0.0619. The van der Waals surface area contributed by atoms with Crippen molar-refractivity contribution < 1.29 is 19.4 Å². The normalized spacial score (nSPS) is 14.1. The molecule has 0 aliphatic carbocycles. The number of pyridine rings is 1. The van der Waals surface area contributed by atoms with Crippen molar-refractivity contribution in [2.75, 3.05) is 13.7 Å². The number of aromatic nitrogens is 1. The number of rotatable bonds is 4. The van der Waals surface area contributed by atoms with Crippen LogP contribution in [0.15, 0.2) is 40.7 Å². The van der Waals surface area contributed by atoms with Gasteiger partial charge in [-0.25, -0.2) is 0 Å². The monoisotopic (exact) mass is 341 g/mol. The molecular weight excluding hydrogens is 322 g/mol. The van der Waals surface area contributed by atoms with Crippen molar-refractivity contribution in [3.05, 3.63) is 63.1 Å². The molecule has 0 bridgehead atoms. The molecule has 6 heteroatoms. The molecule has 0 amide bonds. The largest absolute Gasteiger partial charge is 0.507 e. The van der Waals surface area contributed by atoms with E-state index in [0.717, 1.165) is 16.9 Å². The summed E-state index contributed by atoms with van der Waals surface area (Å²) in [6, 6.07) is 8.98. The van der Waals surface area contributed by atoms with Crippen molar-refractivity contribution >= 4 is 12.0 Å². The predicted molar refractivity (Wildman–Crippen MR) is 92.8 cm³/mol. The van der Waals surface area contributed by atoms with Crippen LogP contribution in [-0.2, 0) is 9.53 Å². The summed E-state index contributed by atoms with van der Waals surface area (Å²) < 4.78 is 10.5. The van der Waals surface area contributed by atoms with E-state index in [2.05, 4.69) is 4.98 Å². The molecule has 0 radical (unpaired) electrons. The second-order valence-corrected chi connectivity index (χ2v) is 5.96. The number of aromatic hydroxyl groups is 1. The SMILES string of the molecule is COC(=O)C[C@H](C1=Cc2ccccc2OC1)c1c(O)cc(C)[nH]c1=O. The van der Waals surface area contributed by atoms with Crippen molar-refractivity contribution in [2.24, 2.45) is 0 Å². The van der Waals surface area contributed by atoms with Crippen LogP contribution in [0.2, 0.25) is 0 Å². The van der Waals surface area contributed by atoms with Crippen LogP contribution in [0.5, 0.6) is 11.5 Å². The minimum Gasteiger partial charge on any atom is -0.507 e. The number of nitrogens with one attached hydrogen (secondary N) is 1. The summed E-state index contributed by atoms with van der Waals surface area (Å²) in [6.45, 7) is 1.91. The fraction of sp³-hybridized carbons (Fsp3) is 0.263. The fourth-order valence-corrected chi connectivity index (χ4v) is 3.02. The molecule has 1 aromatic carbocycles. The second kappa shape index (κ2) is 6.84. The van der Waals surface area contributed by atoms with Gasteiger partial charge < -0.3 is 19.6 Å². The maximum atomic E-state index is 12.4. The van der Waals surface area contributed by atoms with Crippen molar-refractivity contribution in [2.45, 2.75) is 19.3 Å². The van der Waals surface area contributed by atoms with Gasteiger partial charge in [0.15, 0.2) is 0 Å². The number of hydrogen-bond donors (Lipinski definition) is 2. The molecule has 2 N–H and O–H groups in total. The molecule has 1 aliphatic heterocycles. The minimum atomic E-state index is -0.634. The first-order valence-electron chi connectivity index (χ1n) is 7.91. The van der Waals surface area contributed by atoms with Gasteiger partial charge in [-0.2, -0.15) is 0 Å².